The molecule has 2 rings (SSSR count). The summed E-state index contributed by atoms with van der Waals surface area (Å²) in [4.78, 5) is 2.37. The Kier molecular flexibility index (Phi) is 3.94. The zero-order valence-corrected chi connectivity index (χ0v) is 9.42. The Labute approximate surface area is 96.4 Å². The third-order valence-electron chi connectivity index (χ3n) is 3.13. The molecule has 0 aliphatic carbocycles. The van der Waals surface area contributed by atoms with Gasteiger partial charge in [-0.05, 0) is 31.5 Å². The van der Waals surface area contributed by atoms with Gasteiger partial charge >= 0.3 is 0 Å². The van der Waals surface area contributed by atoms with E-state index in [9.17, 15) is 0 Å². The average molecular weight is 218 g/mol. The molecule has 3 heteroatoms. The van der Waals surface area contributed by atoms with E-state index in [2.05, 4.69) is 22.2 Å². The number of nitrogens with zero attached hydrogens (tertiary/aromatic N) is 2. The smallest absolute Gasteiger partial charge is 0.0739 e. The first-order valence-electron chi connectivity index (χ1n) is 5.88. The third-order valence-corrected chi connectivity index (χ3v) is 3.13. The number of hydrogen-bond acceptors (Lipinski definition) is 3. The van der Waals surface area contributed by atoms with Gasteiger partial charge in [0.05, 0.1) is 12.3 Å². The van der Waals surface area contributed by atoms with Crippen molar-refractivity contribution in [3.8, 4) is 0 Å². The van der Waals surface area contributed by atoms with Crippen molar-refractivity contribution in [1.82, 2.24) is 4.90 Å². The van der Waals surface area contributed by atoms with E-state index >= 15 is 0 Å². The molecule has 16 heavy (non-hydrogen) atoms. The monoisotopic (exact) mass is 218 g/mol. The summed E-state index contributed by atoms with van der Waals surface area (Å²) < 4.78 is 0. The van der Waals surface area contributed by atoms with E-state index in [1.807, 2.05) is 18.2 Å². The lowest BCUT2D eigenvalue weighted by Gasteiger charge is -2.32. The standard InChI is InChI=1S/C13H18N2O/c16-14-11-13(12-7-3-1-4-8-12)15-9-5-2-6-10-15/h1,3-4,7-8,11,13,16H,2,5-6,9-10H2/b14-11+. The second-order valence-electron chi connectivity index (χ2n) is 4.22. The SMILES string of the molecule is O/N=C/C(c1ccccc1)N1CCCCC1. The highest BCUT2D eigenvalue weighted by Gasteiger charge is 2.20. The molecule has 1 atom stereocenters. The van der Waals surface area contributed by atoms with Crippen LogP contribution in [-0.2, 0) is 0 Å². The Hall–Kier alpha value is -1.35. The van der Waals surface area contributed by atoms with Crippen LogP contribution in [0.3, 0.4) is 0 Å². The van der Waals surface area contributed by atoms with Crippen LogP contribution in [0.5, 0.6) is 0 Å². The first kappa shape index (κ1) is 11.1. The van der Waals surface area contributed by atoms with E-state index in [4.69, 9.17) is 5.21 Å². The molecule has 0 radical (unpaired) electrons. The zero-order chi connectivity index (χ0) is 11.2. The first-order chi connectivity index (χ1) is 7.92. The van der Waals surface area contributed by atoms with E-state index in [1.165, 1.54) is 24.8 Å². The number of likely N-dealkylation sites (tertiary alicyclic amines) is 1. The minimum atomic E-state index is 0.117. The second-order valence-corrected chi connectivity index (χ2v) is 4.22. The lowest BCUT2D eigenvalue weighted by molar-refractivity contribution is 0.201. The van der Waals surface area contributed by atoms with Gasteiger partial charge in [0.1, 0.15) is 0 Å². The predicted molar refractivity (Wildman–Crippen MR) is 64.9 cm³/mol. The zero-order valence-electron chi connectivity index (χ0n) is 9.42. The van der Waals surface area contributed by atoms with Crippen molar-refractivity contribution < 1.29 is 5.21 Å². The highest BCUT2D eigenvalue weighted by atomic mass is 16.4. The fourth-order valence-electron chi connectivity index (χ4n) is 2.30. The predicted octanol–water partition coefficient (Wildman–Crippen LogP) is 2.67. The molecule has 0 aromatic heterocycles. The average Bonchev–Trinajstić information content (AvgIpc) is 2.38. The van der Waals surface area contributed by atoms with Crippen LogP contribution in [0.25, 0.3) is 0 Å². The molecule has 1 aromatic carbocycles. The molecular weight excluding hydrogens is 200 g/mol. The van der Waals surface area contributed by atoms with Crippen LogP contribution >= 0.6 is 0 Å². The van der Waals surface area contributed by atoms with E-state index in [-0.39, 0.29) is 6.04 Å². The normalized spacial score (nSPS) is 20.0. The van der Waals surface area contributed by atoms with Crippen LogP contribution in [0.2, 0.25) is 0 Å². The quantitative estimate of drug-likeness (QED) is 0.481. The Morgan fingerprint density at radius 2 is 1.81 bits per heavy atom. The Balaban J connectivity index is 2.16. The van der Waals surface area contributed by atoms with Crippen molar-refractivity contribution in [2.75, 3.05) is 13.1 Å². The molecule has 3 nitrogen and oxygen atoms in total. The molecule has 0 saturated carbocycles. The van der Waals surface area contributed by atoms with Gasteiger partial charge in [-0.1, -0.05) is 36.8 Å². The molecule has 86 valence electrons. The van der Waals surface area contributed by atoms with E-state index in [0.717, 1.165) is 13.1 Å². The molecule has 1 aliphatic heterocycles. The topological polar surface area (TPSA) is 35.8 Å². The summed E-state index contributed by atoms with van der Waals surface area (Å²) >= 11 is 0. The first-order valence-corrected chi connectivity index (χ1v) is 5.88. The van der Waals surface area contributed by atoms with Crippen molar-refractivity contribution in [3.05, 3.63) is 35.9 Å². The number of rotatable bonds is 3. The van der Waals surface area contributed by atoms with E-state index < -0.39 is 0 Å². The molecule has 1 aromatic rings. The van der Waals surface area contributed by atoms with Gasteiger partial charge in [0.15, 0.2) is 0 Å². The summed E-state index contributed by atoms with van der Waals surface area (Å²) in [5, 5.41) is 12.0. The molecule has 0 amide bonds. The van der Waals surface area contributed by atoms with Crippen molar-refractivity contribution in [1.29, 1.82) is 0 Å². The van der Waals surface area contributed by atoms with Crippen LogP contribution in [0, 0.1) is 0 Å². The highest BCUT2D eigenvalue weighted by Crippen LogP contribution is 2.22. The number of piperidine rings is 1. The van der Waals surface area contributed by atoms with Crippen molar-refractivity contribution in [2.24, 2.45) is 5.16 Å². The fraction of sp³-hybridized carbons (Fsp3) is 0.462. The van der Waals surface area contributed by atoms with Crippen LogP contribution < -0.4 is 0 Å². The van der Waals surface area contributed by atoms with Crippen LogP contribution in [0.15, 0.2) is 35.5 Å². The largest absolute Gasteiger partial charge is 0.411 e. The van der Waals surface area contributed by atoms with Crippen molar-refractivity contribution in [2.45, 2.75) is 25.3 Å². The van der Waals surface area contributed by atoms with Gasteiger partial charge in [-0.15, -0.1) is 5.16 Å². The van der Waals surface area contributed by atoms with Crippen LogP contribution in [0.4, 0.5) is 0 Å². The third kappa shape index (κ3) is 2.61. The van der Waals surface area contributed by atoms with Gasteiger partial charge in [0, 0.05) is 0 Å². The number of oxime groups is 1. The van der Waals surface area contributed by atoms with Crippen LogP contribution in [0.1, 0.15) is 30.9 Å². The molecule has 1 fully saturated rings. The minimum Gasteiger partial charge on any atom is -0.411 e. The van der Waals surface area contributed by atoms with Gasteiger partial charge in [-0.3, -0.25) is 4.90 Å². The molecular formula is C13H18N2O. The van der Waals surface area contributed by atoms with Gasteiger partial charge in [0.25, 0.3) is 0 Å². The Morgan fingerprint density at radius 1 is 1.12 bits per heavy atom. The van der Waals surface area contributed by atoms with Gasteiger partial charge in [-0.25, -0.2) is 0 Å². The van der Waals surface area contributed by atoms with Crippen molar-refractivity contribution in [3.63, 3.8) is 0 Å². The highest BCUT2D eigenvalue weighted by molar-refractivity contribution is 5.66. The maximum absolute atomic E-state index is 8.77. The molecule has 1 unspecified atom stereocenters. The van der Waals surface area contributed by atoms with Gasteiger partial charge in [-0.2, -0.15) is 0 Å². The summed E-state index contributed by atoms with van der Waals surface area (Å²) in [6.07, 6.45) is 5.42. The van der Waals surface area contributed by atoms with Crippen LogP contribution in [-0.4, -0.2) is 29.4 Å². The number of hydrogen-bond donors (Lipinski definition) is 1. The second kappa shape index (κ2) is 5.66. The molecule has 0 spiro atoms. The summed E-state index contributed by atoms with van der Waals surface area (Å²) in [7, 11) is 0. The Bertz CT molecular complexity index is 331. The summed E-state index contributed by atoms with van der Waals surface area (Å²) in [6.45, 7) is 2.18. The summed E-state index contributed by atoms with van der Waals surface area (Å²) in [5.74, 6) is 0. The minimum absolute atomic E-state index is 0.117. The molecule has 1 N–H and O–H groups in total. The molecule has 1 saturated heterocycles. The molecule has 1 heterocycles. The number of benzene rings is 1. The van der Waals surface area contributed by atoms with Gasteiger partial charge < -0.3 is 5.21 Å². The maximum atomic E-state index is 8.77. The van der Waals surface area contributed by atoms with E-state index in [0.29, 0.717) is 0 Å². The molecule has 1 aliphatic rings. The maximum Gasteiger partial charge on any atom is 0.0739 e. The lowest BCUT2D eigenvalue weighted by atomic mass is 10.0. The van der Waals surface area contributed by atoms with Gasteiger partial charge in [0.2, 0.25) is 0 Å². The summed E-state index contributed by atoms with van der Waals surface area (Å²) in [5.41, 5.74) is 1.20. The van der Waals surface area contributed by atoms with E-state index in [1.54, 1.807) is 6.21 Å². The fourth-order valence-corrected chi connectivity index (χ4v) is 2.30. The van der Waals surface area contributed by atoms with Crippen molar-refractivity contribution >= 4 is 6.21 Å². The Morgan fingerprint density at radius 3 is 2.44 bits per heavy atom. The molecule has 0 bridgehead atoms. The lowest BCUT2D eigenvalue weighted by Crippen LogP contribution is -2.34. The summed E-state index contributed by atoms with van der Waals surface area (Å²) in [6, 6.07) is 10.3.